The van der Waals surface area contributed by atoms with Gasteiger partial charge in [0.05, 0.1) is 23.6 Å². The Balaban J connectivity index is 1.43. The first-order valence-electron chi connectivity index (χ1n) is 14.3. The van der Waals surface area contributed by atoms with E-state index in [1.54, 1.807) is 7.11 Å². The number of nitrogens with zero attached hydrogens (tertiary/aromatic N) is 3. The number of rotatable bonds is 6. The molecule has 1 saturated carbocycles. The topological polar surface area (TPSA) is 47.4 Å². The van der Waals surface area contributed by atoms with Gasteiger partial charge in [0, 0.05) is 24.2 Å². The fourth-order valence-corrected chi connectivity index (χ4v) is 6.75. The summed E-state index contributed by atoms with van der Waals surface area (Å²) in [6.45, 7) is 2.87. The standard InChI is InChI=1S/C33H36ClN3O2/c1-39-31-15-6-5-14-28(31)32-35-30-17-16-25(24-10-7-11-26(34)19-24)20-29(30)33(38)37(32)22-23-9-8-18-36(21-23)27-12-3-2-4-13-27/h5-7,10-11,14-17,19-20,23,27H,2-4,8-9,12-13,18,21-22H2,1H3. The van der Waals surface area contributed by atoms with Crippen LogP contribution in [-0.2, 0) is 6.54 Å². The van der Waals surface area contributed by atoms with Crippen LogP contribution in [0.4, 0.5) is 0 Å². The molecule has 1 saturated heterocycles. The molecule has 0 N–H and O–H groups in total. The van der Waals surface area contributed by atoms with Gasteiger partial charge in [-0.1, -0.05) is 61.2 Å². The van der Waals surface area contributed by atoms with Crippen molar-refractivity contribution in [2.75, 3.05) is 20.2 Å². The number of halogens is 1. The second-order valence-corrected chi connectivity index (χ2v) is 11.5. The highest BCUT2D eigenvalue weighted by molar-refractivity contribution is 6.30. The minimum Gasteiger partial charge on any atom is -0.496 e. The van der Waals surface area contributed by atoms with E-state index in [1.807, 2.05) is 71.3 Å². The van der Waals surface area contributed by atoms with Crippen molar-refractivity contribution < 1.29 is 4.74 Å². The summed E-state index contributed by atoms with van der Waals surface area (Å²) < 4.78 is 7.62. The number of para-hydroxylation sites is 1. The van der Waals surface area contributed by atoms with E-state index in [-0.39, 0.29) is 5.56 Å². The van der Waals surface area contributed by atoms with Gasteiger partial charge in [0.1, 0.15) is 11.6 Å². The minimum absolute atomic E-state index is 0.000394. The quantitative estimate of drug-likeness (QED) is 0.254. The summed E-state index contributed by atoms with van der Waals surface area (Å²) >= 11 is 6.27. The minimum atomic E-state index is -0.000394. The molecule has 2 fully saturated rings. The predicted molar refractivity (Wildman–Crippen MR) is 160 cm³/mol. The number of ether oxygens (including phenoxy) is 1. The summed E-state index contributed by atoms with van der Waals surface area (Å²) in [5, 5.41) is 1.31. The summed E-state index contributed by atoms with van der Waals surface area (Å²) in [7, 11) is 1.67. The van der Waals surface area contributed by atoms with E-state index in [4.69, 9.17) is 21.3 Å². The first-order valence-corrected chi connectivity index (χ1v) is 14.7. The van der Waals surface area contributed by atoms with Crippen LogP contribution in [0.3, 0.4) is 0 Å². The molecule has 0 radical (unpaired) electrons. The molecule has 1 aliphatic heterocycles. The van der Waals surface area contributed by atoms with E-state index in [0.29, 0.717) is 40.3 Å². The van der Waals surface area contributed by atoms with Gasteiger partial charge in [-0.2, -0.15) is 0 Å². The van der Waals surface area contributed by atoms with Crippen LogP contribution in [0.15, 0.2) is 71.5 Å². The van der Waals surface area contributed by atoms with Crippen LogP contribution < -0.4 is 10.3 Å². The largest absolute Gasteiger partial charge is 0.496 e. The smallest absolute Gasteiger partial charge is 0.261 e. The number of fused-ring (bicyclic) bond motifs is 1. The Hall–Kier alpha value is -3.15. The molecule has 0 spiro atoms. The zero-order valence-electron chi connectivity index (χ0n) is 22.6. The molecule has 2 heterocycles. The lowest BCUT2D eigenvalue weighted by molar-refractivity contribution is 0.0921. The summed E-state index contributed by atoms with van der Waals surface area (Å²) in [5.74, 6) is 1.80. The zero-order valence-corrected chi connectivity index (χ0v) is 23.4. The Morgan fingerprint density at radius 1 is 0.923 bits per heavy atom. The van der Waals surface area contributed by atoms with Gasteiger partial charge in [-0.3, -0.25) is 9.36 Å². The van der Waals surface area contributed by atoms with E-state index in [0.717, 1.165) is 35.4 Å². The van der Waals surface area contributed by atoms with E-state index in [1.165, 1.54) is 45.1 Å². The molecule has 202 valence electrons. The van der Waals surface area contributed by atoms with Crippen LogP contribution in [0.1, 0.15) is 44.9 Å². The molecule has 0 amide bonds. The van der Waals surface area contributed by atoms with Crippen molar-refractivity contribution in [3.8, 4) is 28.3 Å². The average Bonchev–Trinajstić information content (AvgIpc) is 2.99. The highest BCUT2D eigenvalue weighted by Crippen LogP contribution is 2.32. The molecular weight excluding hydrogens is 506 g/mol. The Bertz CT molecular complexity index is 1530. The Kier molecular flexibility index (Phi) is 7.71. The van der Waals surface area contributed by atoms with Gasteiger partial charge in [0.25, 0.3) is 5.56 Å². The van der Waals surface area contributed by atoms with Gasteiger partial charge in [0.15, 0.2) is 0 Å². The SMILES string of the molecule is COc1ccccc1-c1nc2ccc(-c3cccc(Cl)c3)cc2c(=O)n1CC1CCCN(C2CCCCC2)C1. The Labute approximate surface area is 235 Å². The van der Waals surface area contributed by atoms with Crippen molar-refractivity contribution in [3.05, 3.63) is 82.1 Å². The number of hydrogen-bond donors (Lipinski definition) is 0. The first kappa shape index (κ1) is 26.1. The highest BCUT2D eigenvalue weighted by Gasteiger charge is 2.28. The van der Waals surface area contributed by atoms with Crippen LogP contribution in [0, 0.1) is 5.92 Å². The van der Waals surface area contributed by atoms with Crippen molar-refractivity contribution in [1.29, 1.82) is 0 Å². The van der Waals surface area contributed by atoms with Crippen molar-refractivity contribution in [1.82, 2.24) is 14.5 Å². The predicted octanol–water partition coefficient (Wildman–Crippen LogP) is 7.44. The van der Waals surface area contributed by atoms with Crippen molar-refractivity contribution in [3.63, 3.8) is 0 Å². The fourth-order valence-electron chi connectivity index (χ4n) is 6.56. The molecule has 39 heavy (non-hydrogen) atoms. The maximum atomic E-state index is 14.3. The maximum absolute atomic E-state index is 14.3. The summed E-state index contributed by atoms with van der Waals surface area (Å²) in [6.07, 6.45) is 8.97. The Morgan fingerprint density at radius 2 is 1.74 bits per heavy atom. The lowest BCUT2D eigenvalue weighted by atomic mass is 9.90. The third kappa shape index (κ3) is 5.48. The number of methoxy groups -OCH3 is 1. The van der Waals surface area contributed by atoms with Gasteiger partial charge in [0.2, 0.25) is 0 Å². The lowest BCUT2D eigenvalue weighted by Crippen LogP contribution is -2.45. The van der Waals surface area contributed by atoms with Crippen LogP contribution in [0.5, 0.6) is 5.75 Å². The van der Waals surface area contributed by atoms with Crippen molar-refractivity contribution in [2.45, 2.75) is 57.5 Å². The van der Waals surface area contributed by atoms with Gasteiger partial charge in [-0.25, -0.2) is 4.98 Å². The zero-order chi connectivity index (χ0) is 26.8. The first-order chi connectivity index (χ1) is 19.1. The number of hydrogen-bond acceptors (Lipinski definition) is 4. The number of likely N-dealkylation sites (tertiary alicyclic amines) is 1. The molecule has 4 aromatic rings. The number of benzene rings is 3. The molecule has 1 aliphatic carbocycles. The third-order valence-electron chi connectivity index (χ3n) is 8.54. The number of aromatic nitrogens is 2. The van der Waals surface area contributed by atoms with Crippen molar-refractivity contribution in [2.24, 2.45) is 5.92 Å². The summed E-state index contributed by atoms with van der Waals surface area (Å²) in [6, 6.07) is 22.2. The molecule has 2 aliphatic rings. The van der Waals surface area contributed by atoms with Gasteiger partial charge >= 0.3 is 0 Å². The summed E-state index contributed by atoms with van der Waals surface area (Å²) in [5.41, 5.74) is 3.48. The van der Waals surface area contributed by atoms with Crippen LogP contribution in [0.25, 0.3) is 33.4 Å². The summed E-state index contributed by atoms with van der Waals surface area (Å²) in [4.78, 5) is 22.1. The molecule has 1 atom stereocenters. The second-order valence-electron chi connectivity index (χ2n) is 11.1. The molecule has 1 aromatic heterocycles. The van der Waals surface area contributed by atoms with Crippen LogP contribution in [0.2, 0.25) is 5.02 Å². The molecular formula is C33H36ClN3O2. The molecule has 6 heteroatoms. The molecule has 6 rings (SSSR count). The van der Waals surface area contributed by atoms with Crippen LogP contribution in [-0.4, -0.2) is 40.7 Å². The lowest BCUT2D eigenvalue weighted by Gasteiger charge is -2.40. The fraction of sp³-hybridized carbons (Fsp3) is 0.394. The van der Waals surface area contributed by atoms with Crippen molar-refractivity contribution >= 4 is 22.5 Å². The normalized spacial score (nSPS) is 18.9. The van der Waals surface area contributed by atoms with E-state index < -0.39 is 0 Å². The average molecular weight is 542 g/mol. The molecule has 3 aromatic carbocycles. The van der Waals surface area contributed by atoms with Crippen LogP contribution >= 0.6 is 11.6 Å². The molecule has 5 nitrogen and oxygen atoms in total. The monoisotopic (exact) mass is 541 g/mol. The third-order valence-corrected chi connectivity index (χ3v) is 8.78. The number of piperidine rings is 1. The molecule has 1 unspecified atom stereocenters. The maximum Gasteiger partial charge on any atom is 0.261 e. The van der Waals surface area contributed by atoms with E-state index >= 15 is 0 Å². The second kappa shape index (κ2) is 11.5. The van der Waals surface area contributed by atoms with E-state index in [9.17, 15) is 4.79 Å². The van der Waals surface area contributed by atoms with Gasteiger partial charge in [-0.05, 0) is 85.7 Å². The van der Waals surface area contributed by atoms with Gasteiger partial charge < -0.3 is 9.64 Å². The Morgan fingerprint density at radius 3 is 2.56 bits per heavy atom. The van der Waals surface area contributed by atoms with E-state index in [2.05, 4.69) is 4.90 Å². The highest BCUT2D eigenvalue weighted by atomic mass is 35.5. The van der Waals surface area contributed by atoms with Gasteiger partial charge in [-0.15, -0.1) is 0 Å². The molecule has 0 bridgehead atoms.